The van der Waals surface area contributed by atoms with E-state index in [4.69, 9.17) is 38.7 Å². The van der Waals surface area contributed by atoms with E-state index in [0.717, 1.165) is 176 Å². The molecule has 0 amide bonds. The quantitative estimate of drug-likeness (QED) is 0.126. The number of aromatic nitrogens is 8. The molecule has 10 nitrogen and oxygen atoms in total. The van der Waals surface area contributed by atoms with E-state index >= 15 is 0 Å². The lowest BCUT2D eigenvalue weighted by atomic mass is 9.82. The number of nitrogens with zero attached hydrogens (tertiary/aromatic N) is 8. The van der Waals surface area contributed by atoms with E-state index in [9.17, 15) is 0 Å². The lowest BCUT2D eigenvalue weighted by Crippen LogP contribution is -2.14. The van der Waals surface area contributed by atoms with Gasteiger partial charge in [0.15, 0.2) is 34.9 Å². The molecule has 0 fully saturated rings. The van der Waals surface area contributed by atoms with E-state index in [1.54, 1.807) is 0 Å². The van der Waals surface area contributed by atoms with Crippen LogP contribution in [-0.2, 0) is 10.8 Å². The van der Waals surface area contributed by atoms with Crippen LogP contribution in [0.4, 0.5) is 0 Å². The SMILES string of the molecule is CC1(C)c2ccccc2-c2c(-c3nc(-c4ccccc4)nc(-c4cccc5oc6ccc(-c7ccc8c(c7)c7cc(-c9ccc(-c%10nc(-c%11cccc%12c%11-c%11ccccc%11C%12(C)C)nc(-c%11cccc%12oc%13ccc(-c%14ccc%15c(c%14)c%14ccccc%14n%15-c%14ccccc%14)cc%13c%11%12)n%10)c%10c9sc9ccccc9%10)ccc7n8-c7ccccc7)cc6c45)n3)cccc21. The highest BCUT2D eigenvalue weighted by Gasteiger charge is 2.40. The summed E-state index contributed by atoms with van der Waals surface area (Å²) in [5, 5.41) is 10.7. The number of benzene rings is 17. The van der Waals surface area contributed by atoms with Gasteiger partial charge in [0.25, 0.3) is 0 Å². The van der Waals surface area contributed by atoms with E-state index in [0.29, 0.717) is 34.9 Å². The Bertz CT molecular complexity index is 8750. The highest BCUT2D eigenvalue weighted by Crippen LogP contribution is 2.56. The Morgan fingerprint density at radius 3 is 1.12 bits per heavy atom. The fourth-order valence-corrected chi connectivity index (χ4v) is 22.1. The maximum absolute atomic E-state index is 6.89. The molecular weight excluding hydrogens is 1550 g/mol. The Kier molecular flexibility index (Phi) is 15.2. The molecule has 2 aliphatic carbocycles. The van der Waals surface area contributed by atoms with Gasteiger partial charge >= 0.3 is 0 Å². The minimum absolute atomic E-state index is 0.208. The smallest absolute Gasteiger partial charge is 0.164 e. The lowest BCUT2D eigenvalue weighted by Gasteiger charge is -2.21. The third kappa shape index (κ3) is 10.7. The molecule has 0 unspecified atom stereocenters. The Morgan fingerprint density at radius 2 is 0.592 bits per heavy atom. The van der Waals surface area contributed by atoms with E-state index < -0.39 is 0 Å². The number of para-hydroxylation sites is 3. The van der Waals surface area contributed by atoms with Crippen LogP contribution in [0.2, 0.25) is 0 Å². The number of hydrogen-bond acceptors (Lipinski definition) is 9. The number of furan rings is 2. The van der Waals surface area contributed by atoms with Crippen LogP contribution >= 0.6 is 11.3 Å². The molecule has 586 valence electrons. The zero-order chi connectivity index (χ0) is 82.7. The van der Waals surface area contributed by atoms with Crippen LogP contribution < -0.4 is 0 Å². The second kappa shape index (κ2) is 26.8. The topological polar surface area (TPSA) is 113 Å². The first-order valence-electron chi connectivity index (χ1n) is 42.6. The molecule has 125 heavy (non-hydrogen) atoms. The van der Waals surface area contributed by atoms with Gasteiger partial charge < -0.3 is 18.0 Å². The molecule has 7 heterocycles. The fraction of sp³-hybridized carbons (Fsp3) is 0.0526. The van der Waals surface area contributed by atoms with Gasteiger partial charge in [-0.15, -0.1) is 11.3 Å². The van der Waals surface area contributed by atoms with Gasteiger partial charge in [-0.1, -0.05) is 276 Å². The highest BCUT2D eigenvalue weighted by molar-refractivity contribution is 7.26. The summed E-state index contributed by atoms with van der Waals surface area (Å²) in [4.78, 5) is 33.4. The van der Waals surface area contributed by atoms with Crippen molar-refractivity contribution >= 4 is 119 Å². The average Bonchev–Trinajstić information content (AvgIpc) is 1.57. The van der Waals surface area contributed by atoms with Crippen molar-refractivity contribution in [2.45, 2.75) is 38.5 Å². The van der Waals surface area contributed by atoms with Crippen molar-refractivity contribution in [3.8, 4) is 135 Å². The van der Waals surface area contributed by atoms with Crippen LogP contribution in [0.1, 0.15) is 49.9 Å². The zero-order valence-electron chi connectivity index (χ0n) is 68.4. The molecule has 0 radical (unpaired) electrons. The van der Waals surface area contributed by atoms with Crippen molar-refractivity contribution in [2.24, 2.45) is 0 Å². The molecule has 0 saturated carbocycles. The molecule has 0 spiro atoms. The first-order chi connectivity index (χ1) is 61.5. The van der Waals surface area contributed by atoms with Gasteiger partial charge in [0.2, 0.25) is 0 Å². The Morgan fingerprint density at radius 1 is 0.232 bits per heavy atom. The van der Waals surface area contributed by atoms with Gasteiger partial charge in [0.1, 0.15) is 22.3 Å². The van der Waals surface area contributed by atoms with Crippen molar-refractivity contribution in [1.29, 1.82) is 0 Å². The van der Waals surface area contributed by atoms with Crippen molar-refractivity contribution < 1.29 is 8.83 Å². The molecule has 7 aromatic heterocycles. The van der Waals surface area contributed by atoms with Gasteiger partial charge in [-0.05, 0) is 193 Å². The summed E-state index contributed by atoms with van der Waals surface area (Å²) in [6, 6.07) is 131. The van der Waals surface area contributed by atoms with Crippen molar-refractivity contribution in [3.05, 3.63) is 386 Å². The molecule has 26 rings (SSSR count). The van der Waals surface area contributed by atoms with Crippen LogP contribution in [0.15, 0.2) is 373 Å². The van der Waals surface area contributed by atoms with Crippen LogP contribution in [0.25, 0.3) is 243 Å². The zero-order valence-corrected chi connectivity index (χ0v) is 69.3. The third-order valence-corrected chi connectivity index (χ3v) is 27.9. The van der Waals surface area contributed by atoms with Crippen LogP contribution in [0, 0.1) is 0 Å². The summed E-state index contributed by atoms with van der Waals surface area (Å²) in [7, 11) is 0. The summed E-state index contributed by atoms with van der Waals surface area (Å²) >= 11 is 1.81. The molecule has 2 aliphatic rings. The number of thiophene rings is 1. The molecular formula is C114H72N8O2S. The summed E-state index contributed by atoms with van der Waals surface area (Å²) in [5.74, 6) is 3.50. The molecule has 11 heteroatoms. The second-order valence-corrected chi connectivity index (χ2v) is 35.3. The maximum atomic E-state index is 6.89. The number of hydrogen-bond donors (Lipinski definition) is 0. The second-order valence-electron chi connectivity index (χ2n) is 34.3. The molecule has 0 atom stereocenters. The van der Waals surface area contributed by atoms with Crippen LogP contribution in [0.3, 0.4) is 0 Å². The summed E-state index contributed by atoms with van der Waals surface area (Å²) < 4.78 is 20.8. The van der Waals surface area contributed by atoms with E-state index in [2.05, 4.69) is 370 Å². The lowest BCUT2D eigenvalue weighted by molar-refractivity contribution is 0.660. The van der Waals surface area contributed by atoms with Gasteiger partial charge in [-0.2, -0.15) is 0 Å². The van der Waals surface area contributed by atoms with Crippen molar-refractivity contribution in [3.63, 3.8) is 0 Å². The summed E-state index contributed by atoms with van der Waals surface area (Å²) in [6.45, 7) is 9.27. The molecule has 17 aromatic carbocycles. The normalized spacial score (nSPS) is 13.2. The molecule has 0 aliphatic heterocycles. The van der Waals surface area contributed by atoms with E-state index in [1.165, 1.54) is 54.4 Å². The molecule has 0 saturated heterocycles. The van der Waals surface area contributed by atoms with Gasteiger partial charge in [0, 0.05) is 119 Å². The minimum atomic E-state index is -0.269. The van der Waals surface area contributed by atoms with Crippen LogP contribution in [-0.4, -0.2) is 39.0 Å². The van der Waals surface area contributed by atoms with E-state index in [-0.39, 0.29) is 10.8 Å². The Balaban J connectivity index is 0.631. The van der Waals surface area contributed by atoms with Crippen molar-refractivity contribution in [1.82, 2.24) is 39.0 Å². The first-order valence-corrected chi connectivity index (χ1v) is 43.4. The van der Waals surface area contributed by atoms with Crippen LogP contribution in [0.5, 0.6) is 0 Å². The predicted molar refractivity (Wildman–Crippen MR) is 513 cm³/mol. The monoisotopic (exact) mass is 1620 g/mol. The highest BCUT2D eigenvalue weighted by atomic mass is 32.1. The molecule has 0 N–H and O–H groups in total. The molecule has 24 aromatic rings. The molecule has 0 bridgehead atoms. The summed E-state index contributed by atoms with van der Waals surface area (Å²) in [6.07, 6.45) is 0. The Labute approximate surface area is 722 Å². The van der Waals surface area contributed by atoms with Crippen molar-refractivity contribution in [2.75, 3.05) is 0 Å². The fourth-order valence-electron chi connectivity index (χ4n) is 20.8. The van der Waals surface area contributed by atoms with Gasteiger partial charge in [0.05, 0.1) is 22.1 Å². The Hall–Kier alpha value is -15.8. The number of fused-ring (bicyclic) bond motifs is 21. The maximum Gasteiger partial charge on any atom is 0.164 e. The van der Waals surface area contributed by atoms with E-state index in [1.807, 2.05) is 41.7 Å². The first kappa shape index (κ1) is 71.0. The number of rotatable bonds is 11. The van der Waals surface area contributed by atoms with Gasteiger partial charge in [-0.25, -0.2) is 29.9 Å². The minimum Gasteiger partial charge on any atom is -0.456 e. The standard InChI is InChI=1S/C114H72N8O2S/c1-113(2)88-40-18-14-33-75(88)101-78(36-22-42-90(101)113)108-115-107(65-26-8-5-9-27-65)116-110(117-108)80-38-24-45-98-103(80)86-63-69(52-59-96(86)123-98)67-49-56-94-84(61-67)85-64-70(50-57-95(85)122(94)72-30-12-7-13-31-72)73-53-54-82(105-77-35-17-21-47-100(77)125-106(73)105)112-119-109(79-37-23-43-91-102(79)76-34-15-19-41-89(76)114(91,3)4)118-111(120-112)81-39-25-46-99-104(81)87-62-68(51-58-97(87)124-99)66-48-55-93-83(60-66)74-32-16-20-44-92(74)121(93)71-28-10-6-11-29-71/h5-64H,1-4H3. The predicted octanol–water partition coefficient (Wildman–Crippen LogP) is 30.0. The van der Waals surface area contributed by atoms with Gasteiger partial charge in [-0.3, -0.25) is 0 Å². The average molecular weight is 1620 g/mol. The third-order valence-electron chi connectivity index (χ3n) is 26.7. The summed E-state index contributed by atoms with van der Waals surface area (Å²) in [5.41, 5.74) is 31.0. The largest absolute Gasteiger partial charge is 0.456 e.